The highest BCUT2D eigenvalue weighted by Crippen LogP contribution is 2.25. The lowest BCUT2D eigenvalue weighted by atomic mass is 10.1. The number of aromatic amines is 1. The highest BCUT2D eigenvalue weighted by molar-refractivity contribution is 7.71. The fourth-order valence-electron chi connectivity index (χ4n) is 2.52. The maximum absolute atomic E-state index is 12.6. The van der Waals surface area contributed by atoms with Gasteiger partial charge in [-0.1, -0.05) is 5.16 Å². The Kier molecular flexibility index (Phi) is 3.10. The normalized spacial score (nSPS) is 12.9. The molecule has 3 aromatic heterocycles. The molecular formula is C13H13N3O2S2. The lowest BCUT2D eigenvalue weighted by Gasteiger charge is -2.15. The van der Waals surface area contributed by atoms with Crippen molar-refractivity contribution in [2.24, 2.45) is 0 Å². The molecule has 0 aliphatic carbocycles. The Hall–Kier alpha value is -1.73. The van der Waals surface area contributed by atoms with Gasteiger partial charge >= 0.3 is 0 Å². The molecule has 7 heteroatoms. The van der Waals surface area contributed by atoms with Crippen LogP contribution in [-0.2, 0) is 0 Å². The van der Waals surface area contributed by atoms with Gasteiger partial charge in [0.05, 0.1) is 17.1 Å². The van der Waals surface area contributed by atoms with Crippen molar-refractivity contribution in [2.45, 2.75) is 26.8 Å². The number of thiophene rings is 1. The Balaban J connectivity index is 2.29. The van der Waals surface area contributed by atoms with Crippen molar-refractivity contribution in [1.82, 2.24) is 14.7 Å². The smallest absolute Gasteiger partial charge is 0.263 e. The summed E-state index contributed by atoms with van der Waals surface area (Å²) >= 11 is 6.81. The topological polar surface area (TPSA) is 63.8 Å². The zero-order valence-electron chi connectivity index (χ0n) is 11.3. The van der Waals surface area contributed by atoms with Gasteiger partial charge in [-0.25, -0.2) is 0 Å². The molecule has 0 radical (unpaired) electrons. The van der Waals surface area contributed by atoms with Crippen LogP contribution < -0.4 is 5.56 Å². The highest BCUT2D eigenvalue weighted by atomic mass is 32.1. The van der Waals surface area contributed by atoms with Crippen LogP contribution in [0.4, 0.5) is 0 Å². The van der Waals surface area contributed by atoms with E-state index in [1.165, 1.54) is 11.3 Å². The number of H-pyrrole nitrogens is 1. The number of hydrogen-bond donors (Lipinski definition) is 1. The molecule has 20 heavy (non-hydrogen) atoms. The summed E-state index contributed by atoms with van der Waals surface area (Å²) in [6, 6.07) is 1.59. The van der Waals surface area contributed by atoms with Crippen LogP contribution in [0.3, 0.4) is 0 Å². The van der Waals surface area contributed by atoms with E-state index in [1.54, 1.807) is 4.57 Å². The molecule has 1 unspecified atom stereocenters. The largest absolute Gasteiger partial charge is 0.361 e. The Labute approximate surface area is 123 Å². The van der Waals surface area contributed by atoms with Gasteiger partial charge < -0.3 is 9.51 Å². The average molecular weight is 307 g/mol. The third kappa shape index (κ3) is 1.85. The molecule has 1 N–H and O–H groups in total. The third-order valence-electron chi connectivity index (χ3n) is 3.45. The van der Waals surface area contributed by atoms with E-state index in [0.717, 1.165) is 16.1 Å². The Morgan fingerprint density at radius 2 is 2.25 bits per heavy atom. The number of fused-ring (bicyclic) bond motifs is 1. The molecule has 0 fully saturated rings. The molecular weight excluding hydrogens is 294 g/mol. The molecule has 0 saturated carbocycles. The quantitative estimate of drug-likeness (QED) is 0.738. The van der Waals surface area contributed by atoms with Crippen LogP contribution in [0.2, 0.25) is 0 Å². The molecule has 0 saturated heterocycles. The van der Waals surface area contributed by atoms with Crippen LogP contribution >= 0.6 is 23.6 Å². The molecule has 1 atom stereocenters. The minimum absolute atomic E-state index is 0.0856. The van der Waals surface area contributed by atoms with E-state index < -0.39 is 0 Å². The van der Waals surface area contributed by atoms with Crippen molar-refractivity contribution in [3.05, 3.63) is 43.6 Å². The zero-order chi connectivity index (χ0) is 14.4. The number of nitrogens with one attached hydrogen (secondary N) is 1. The number of nitrogens with zero attached hydrogens (tertiary/aromatic N) is 2. The summed E-state index contributed by atoms with van der Waals surface area (Å²) in [6.45, 7) is 5.63. The van der Waals surface area contributed by atoms with Crippen LogP contribution in [0, 0.1) is 18.6 Å². The summed E-state index contributed by atoms with van der Waals surface area (Å²) in [5.41, 5.74) is 1.60. The van der Waals surface area contributed by atoms with E-state index in [-0.39, 0.29) is 11.6 Å². The summed E-state index contributed by atoms with van der Waals surface area (Å²) in [5.74, 6) is 0.710. The monoisotopic (exact) mass is 307 g/mol. The van der Waals surface area contributed by atoms with Crippen molar-refractivity contribution in [1.29, 1.82) is 0 Å². The van der Waals surface area contributed by atoms with Crippen LogP contribution in [0.5, 0.6) is 0 Å². The van der Waals surface area contributed by atoms with Crippen LogP contribution in [0.15, 0.2) is 20.8 Å². The summed E-state index contributed by atoms with van der Waals surface area (Å²) in [6.07, 6.45) is 0. The van der Waals surface area contributed by atoms with Crippen LogP contribution in [-0.4, -0.2) is 14.7 Å². The second-order valence-electron chi connectivity index (χ2n) is 4.68. The molecule has 0 aliphatic heterocycles. The van der Waals surface area contributed by atoms with Gasteiger partial charge in [0.15, 0.2) is 4.77 Å². The summed E-state index contributed by atoms with van der Waals surface area (Å²) in [5, 5.41) is 6.47. The molecule has 0 spiro atoms. The van der Waals surface area contributed by atoms with E-state index in [1.807, 2.05) is 32.2 Å². The molecule has 104 valence electrons. The third-order valence-corrected chi connectivity index (χ3v) is 4.58. The lowest BCUT2D eigenvalue weighted by molar-refractivity contribution is 0.390. The van der Waals surface area contributed by atoms with Crippen molar-refractivity contribution in [3.8, 4) is 0 Å². The summed E-state index contributed by atoms with van der Waals surface area (Å²) < 4.78 is 7.18. The van der Waals surface area contributed by atoms with Crippen molar-refractivity contribution >= 4 is 33.8 Å². The summed E-state index contributed by atoms with van der Waals surface area (Å²) in [7, 11) is 0. The standard InChI is InChI=1S/C13H13N3O2S2/c1-6-10(8(3)18-15-6)7(2)16-12(17)9-4-5-20-11(9)14-13(16)19/h4-5,7H,1-3H3,(H,14,19). The first-order valence-corrected chi connectivity index (χ1v) is 7.44. The van der Waals surface area contributed by atoms with E-state index in [4.69, 9.17) is 16.7 Å². The van der Waals surface area contributed by atoms with Crippen molar-refractivity contribution in [3.63, 3.8) is 0 Å². The molecule has 0 aromatic carbocycles. The molecule has 3 rings (SSSR count). The number of aryl methyl sites for hydroxylation is 2. The maximum Gasteiger partial charge on any atom is 0.263 e. The number of aromatic nitrogens is 3. The van der Waals surface area contributed by atoms with Gasteiger partial charge in [0, 0.05) is 5.56 Å². The SMILES string of the molecule is Cc1noc(C)c1C(C)n1c(=S)[nH]c2sccc2c1=O. The lowest BCUT2D eigenvalue weighted by Crippen LogP contribution is -2.25. The van der Waals surface area contributed by atoms with Crippen molar-refractivity contribution < 1.29 is 4.52 Å². The van der Waals surface area contributed by atoms with Gasteiger partial charge in [-0.15, -0.1) is 11.3 Å². The Morgan fingerprint density at radius 3 is 2.90 bits per heavy atom. The minimum Gasteiger partial charge on any atom is -0.361 e. The average Bonchev–Trinajstić information content (AvgIpc) is 2.96. The van der Waals surface area contributed by atoms with Gasteiger partial charge in [0.25, 0.3) is 5.56 Å². The van der Waals surface area contributed by atoms with Gasteiger partial charge in [0.2, 0.25) is 0 Å². The molecule has 0 amide bonds. The molecule has 5 nitrogen and oxygen atoms in total. The first kappa shape index (κ1) is 13.3. The fraction of sp³-hybridized carbons (Fsp3) is 0.308. The van der Waals surface area contributed by atoms with E-state index >= 15 is 0 Å². The van der Waals surface area contributed by atoms with Crippen LogP contribution in [0.1, 0.15) is 30.0 Å². The number of rotatable bonds is 2. The first-order chi connectivity index (χ1) is 9.50. The van der Waals surface area contributed by atoms with E-state index in [0.29, 0.717) is 15.9 Å². The van der Waals surface area contributed by atoms with E-state index in [9.17, 15) is 4.79 Å². The first-order valence-electron chi connectivity index (χ1n) is 6.15. The highest BCUT2D eigenvalue weighted by Gasteiger charge is 2.21. The zero-order valence-corrected chi connectivity index (χ0v) is 12.9. The molecule has 0 aliphatic rings. The Morgan fingerprint density at radius 1 is 1.50 bits per heavy atom. The van der Waals surface area contributed by atoms with Gasteiger partial charge in [0.1, 0.15) is 10.6 Å². The number of hydrogen-bond acceptors (Lipinski definition) is 5. The summed E-state index contributed by atoms with van der Waals surface area (Å²) in [4.78, 5) is 16.5. The van der Waals surface area contributed by atoms with Gasteiger partial charge in [-0.05, 0) is 44.4 Å². The fourth-order valence-corrected chi connectivity index (χ4v) is 3.71. The van der Waals surface area contributed by atoms with Crippen molar-refractivity contribution in [2.75, 3.05) is 0 Å². The molecule has 3 aromatic rings. The maximum atomic E-state index is 12.6. The minimum atomic E-state index is -0.221. The molecule has 0 bridgehead atoms. The van der Waals surface area contributed by atoms with Gasteiger partial charge in [-0.2, -0.15) is 0 Å². The van der Waals surface area contributed by atoms with E-state index in [2.05, 4.69) is 10.1 Å². The van der Waals surface area contributed by atoms with Crippen LogP contribution in [0.25, 0.3) is 10.2 Å². The molecule has 3 heterocycles. The second kappa shape index (κ2) is 4.68. The Bertz CT molecular complexity index is 881. The second-order valence-corrected chi connectivity index (χ2v) is 5.99. The van der Waals surface area contributed by atoms with Gasteiger partial charge in [-0.3, -0.25) is 9.36 Å². The predicted octanol–water partition coefficient (Wildman–Crippen LogP) is 3.33. The predicted molar refractivity (Wildman–Crippen MR) is 81.1 cm³/mol.